The van der Waals surface area contributed by atoms with Gasteiger partial charge in [-0.1, -0.05) is 12.1 Å². The van der Waals surface area contributed by atoms with Crippen LogP contribution in [0, 0.1) is 0 Å². The number of hydrogen-bond acceptors (Lipinski definition) is 4. The summed E-state index contributed by atoms with van der Waals surface area (Å²) >= 11 is 0. The van der Waals surface area contributed by atoms with Crippen molar-refractivity contribution >= 4 is 12.0 Å². The minimum absolute atomic E-state index is 0. The number of hydrogen-bond donors (Lipinski definition) is 2. The Bertz CT molecular complexity index is 360. The van der Waals surface area contributed by atoms with Crippen molar-refractivity contribution in [2.45, 2.75) is 0 Å². The van der Waals surface area contributed by atoms with Crippen molar-refractivity contribution in [2.75, 3.05) is 0 Å². The molecule has 0 fully saturated rings. The number of phenols is 2. The second-order valence-electron chi connectivity index (χ2n) is 2.40. The van der Waals surface area contributed by atoms with Crippen molar-refractivity contribution in [1.29, 1.82) is 0 Å². The topological polar surface area (TPSA) is 80.6 Å². The van der Waals surface area contributed by atoms with Crippen LogP contribution >= 0.6 is 0 Å². The van der Waals surface area contributed by atoms with Crippen molar-refractivity contribution in [3.8, 4) is 11.5 Å². The Labute approximate surface area is 92.7 Å². The summed E-state index contributed by atoms with van der Waals surface area (Å²) in [5.74, 6) is -1.85. The average Bonchev–Trinajstić information content (AvgIpc) is 2.07. The van der Waals surface area contributed by atoms with Gasteiger partial charge >= 0.3 is 18.9 Å². The van der Waals surface area contributed by atoms with Crippen LogP contribution in [0.2, 0.25) is 0 Å². The number of carboxylic acids is 1. The van der Waals surface area contributed by atoms with Gasteiger partial charge in [-0.05, 0) is 23.8 Å². The van der Waals surface area contributed by atoms with Gasteiger partial charge in [0.1, 0.15) is 0 Å². The summed E-state index contributed by atoms with van der Waals surface area (Å²) in [5.41, 5.74) is 0.472. The van der Waals surface area contributed by atoms with Crippen molar-refractivity contribution in [3.63, 3.8) is 0 Å². The summed E-state index contributed by atoms with van der Waals surface area (Å²) in [7, 11) is 0. The fourth-order valence-corrected chi connectivity index (χ4v) is 0.808. The zero-order chi connectivity index (χ0) is 9.84. The number of benzene rings is 1. The third-order valence-electron chi connectivity index (χ3n) is 1.41. The van der Waals surface area contributed by atoms with Gasteiger partial charge in [0.05, 0.1) is 5.97 Å². The second kappa shape index (κ2) is 5.38. The molecule has 1 aromatic carbocycles. The number of aromatic hydroxyl groups is 2. The Morgan fingerprint density at radius 3 is 2.43 bits per heavy atom. The molecular formula is C9H7LiO4. The van der Waals surface area contributed by atoms with E-state index in [9.17, 15) is 9.90 Å². The maximum absolute atomic E-state index is 10.0. The molecule has 0 amide bonds. The summed E-state index contributed by atoms with van der Waals surface area (Å²) in [6, 6.07) is 3.98. The zero-order valence-corrected chi connectivity index (χ0v) is 7.60. The predicted molar refractivity (Wildman–Crippen MR) is 43.8 cm³/mol. The molecule has 0 unspecified atom stereocenters. The van der Waals surface area contributed by atoms with Gasteiger partial charge in [-0.2, -0.15) is 0 Å². The molecule has 2 N–H and O–H groups in total. The first-order valence-corrected chi connectivity index (χ1v) is 3.50. The number of phenolic OH excluding ortho intramolecular Hbond substituents is 2. The van der Waals surface area contributed by atoms with Gasteiger partial charge in [0.25, 0.3) is 0 Å². The minimum Gasteiger partial charge on any atom is -0.545 e. The Morgan fingerprint density at radius 2 is 1.93 bits per heavy atom. The second-order valence-corrected chi connectivity index (χ2v) is 2.40. The van der Waals surface area contributed by atoms with E-state index in [0.29, 0.717) is 5.56 Å². The quantitative estimate of drug-likeness (QED) is 0.290. The molecule has 0 bridgehead atoms. The van der Waals surface area contributed by atoms with E-state index in [-0.39, 0.29) is 30.4 Å². The summed E-state index contributed by atoms with van der Waals surface area (Å²) in [6.45, 7) is 0. The van der Waals surface area contributed by atoms with E-state index in [1.807, 2.05) is 0 Å². The number of carbonyl (C=O) groups is 1. The summed E-state index contributed by atoms with van der Waals surface area (Å²) in [5, 5.41) is 28.0. The summed E-state index contributed by atoms with van der Waals surface area (Å²) in [6.07, 6.45) is 2.10. The van der Waals surface area contributed by atoms with Crippen LogP contribution in [0.1, 0.15) is 5.56 Å². The van der Waals surface area contributed by atoms with E-state index >= 15 is 0 Å². The number of aliphatic carboxylic acids is 1. The normalized spacial score (nSPS) is 9.71. The molecule has 68 valence electrons. The number of rotatable bonds is 2. The smallest absolute Gasteiger partial charge is 0.545 e. The Kier molecular flexibility index (Phi) is 4.85. The fourth-order valence-electron chi connectivity index (χ4n) is 0.808. The Hall–Kier alpha value is -1.37. The molecule has 1 aromatic rings. The molecule has 0 aromatic heterocycles. The Balaban J connectivity index is 0.00000169. The zero-order valence-electron chi connectivity index (χ0n) is 7.60. The third-order valence-corrected chi connectivity index (χ3v) is 1.41. The third kappa shape index (κ3) is 3.56. The first-order chi connectivity index (χ1) is 6.09. The molecule has 4 nitrogen and oxygen atoms in total. The van der Waals surface area contributed by atoms with Gasteiger partial charge < -0.3 is 20.1 Å². The largest absolute Gasteiger partial charge is 1.00 e. The van der Waals surface area contributed by atoms with Crippen LogP contribution in [-0.4, -0.2) is 16.2 Å². The molecule has 0 atom stereocenters. The van der Waals surface area contributed by atoms with Gasteiger partial charge in [-0.3, -0.25) is 0 Å². The van der Waals surface area contributed by atoms with Gasteiger partial charge in [-0.15, -0.1) is 0 Å². The fraction of sp³-hybridized carbons (Fsp3) is 0. The number of carboxylic acid groups (broad SMARTS) is 1. The van der Waals surface area contributed by atoms with E-state index in [4.69, 9.17) is 10.2 Å². The minimum atomic E-state index is -1.31. The van der Waals surface area contributed by atoms with Crippen LogP contribution in [0.4, 0.5) is 0 Å². The van der Waals surface area contributed by atoms with Crippen molar-refractivity contribution in [1.82, 2.24) is 0 Å². The summed E-state index contributed by atoms with van der Waals surface area (Å²) in [4.78, 5) is 10.0. The van der Waals surface area contributed by atoms with Crippen LogP contribution < -0.4 is 24.0 Å². The van der Waals surface area contributed by atoms with E-state index in [2.05, 4.69) is 0 Å². The van der Waals surface area contributed by atoms with Crippen LogP contribution in [0.25, 0.3) is 6.08 Å². The molecule has 5 heteroatoms. The van der Waals surface area contributed by atoms with Gasteiger partial charge in [0, 0.05) is 0 Å². The Morgan fingerprint density at radius 1 is 1.29 bits per heavy atom. The van der Waals surface area contributed by atoms with Crippen molar-refractivity contribution in [2.24, 2.45) is 0 Å². The molecule has 0 aliphatic carbocycles. The molecule has 0 aliphatic heterocycles. The average molecular weight is 186 g/mol. The van der Waals surface area contributed by atoms with Crippen LogP contribution in [0.5, 0.6) is 11.5 Å². The van der Waals surface area contributed by atoms with Crippen LogP contribution in [-0.2, 0) is 4.79 Å². The van der Waals surface area contributed by atoms with Crippen LogP contribution in [0.3, 0.4) is 0 Å². The predicted octanol–water partition coefficient (Wildman–Crippen LogP) is -3.14. The molecular weight excluding hydrogens is 179 g/mol. The molecule has 0 radical (unpaired) electrons. The van der Waals surface area contributed by atoms with E-state index in [1.54, 1.807) is 0 Å². The SMILES string of the molecule is O=C([O-])C=Cc1ccc(O)c(O)c1.[Li+]. The van der Waals surface area contributed by atoms with Crippen molar-refractivity contribution in [3.05, 3.63) is 29.8 Å². The molecule has 14 heavy (non-hydrogen) atoms. The molecule has 0 aliphatic rings. The molecule has 0 saturated heterocycles. The first kappa shape index (κ1) is 12.6. The summed E-state index contributed by atoms with van der Waals surface area (Å²) < 4.78 is 0. The molecule has 1 rings (SSSR count). The monoisotopic (exact) mass is 186 g/mol. The molecule has 0 heterocycles. The van der Waals surface area contributed by atoms with Gasteiger partial charge in [0.2, 0.25) is 0 Å². The molecule has 0 saturated carbocycles. The maximum Gasteiger partial charge on any atom is 1.00 e. The maximum atomic E-state index is 10.0. The first-order valence-electron chi connectivity index (χ1n) is 3.50. The number of carbonyl (C=O) groups excluding carboxylic acids is 1. The van der Waals surface area contributed by atoms with E-state index in [1.165, 1.54) is 24.3 Å². The standard InChI is InChI=1S/C9H8O4.Li/c10-7-3-1-6(5-8(7)11)2-4-9(12)13;/h1-5,10-11H,(H,12,13);/q;+1/p-1. The van der Waals surface area contributed by atoms with Gasteiger partial charge in [-0.25, -0.2) is 0 Å². The molecule has 0 spiro atoms. The van der Waals surface area contributed by atoms with Crippen LogP contribution in [0.15, 0.2) is 24.3 Å². The van der Waals surface area contributed by atoms with E-state index in [0.717, 1.165) is 6.08 Å². The van der Waals surface area contributed by atoms with Crippen molar-refractivity contribution < 1.29 is 39.0 Å². The van der Waals surface area contributed by atoms with E-state index < -0.39 is 5.97 Å². The van der Waals surface area contributed by atoms with Gasteiger partial charge in [0.15, 0.2) is 11.5 Å².